The molecule has 108 valence electrons. The van der Waals surface area contributed by atoms with E-state index in [9.17, 15) is 4.79 Å². The maximum Gasteiger partial charge on any atom is 0.320 e. The SMILES string of the molecule is CSCCC(NCC(C)c1ccccc1)C(=O)O.Cl. The molecule has 1 aromatic carbocycles. The molecule has 2 atom stereocenters. The summed E-state index contributed by atoms with van der Waals surface area (Å²) in [6.45, 7) is 2.80. The van der Waals surface area contributed by atoms with Crippen molar-refractivity contribution in [3.8, 4) is 0 Å². The van der Waals surface area contributed by atoms with Gasteiger partial charge in [-0.25, -0.2) is 0 Å². The number of benzene rings is 1. The normalized spacial score (nSPS) is 13.4. The summed E-state index contributed by atoms with van der Waals surface area (Å²) in [5.41, 5.74) is 1.24. The Morgan fingerprint density at radius 1 is 1.37 bits per heavy atom. The van der Waals surface area contributed by atoms with Gasteiger partial charge in [-0.3, -0.25) is 4.79 Å². The van der Waals surface area contributed by atoms with E-state index in [1.54, 1.807) is 11.8 Å². The van der Waals surface area contributed by atoms with Crippen LogP contribution in [0.25, 0.3) is 0 Å². The average molecular weight is 304 g/mol. The van der Waals surface area contributed by atoms with E-state index >= 15 is 0 Å². The van der Waals surface area contributed by atoms with Gasteiger partial charge in [0.1, 0.15) is 6.04 Å². The van der Waals surface area contributed by atoms with Gasteiger partial charge in [0.25, 0.3) is 0 Å². The van der Waals surface area contributed by atoms with E-state index in [0.29, 0.717) is 18.9 Å². The zero-order chi connectivity index (χ0) is 13.4. The summed E-state index contributed by atoms with van der Waals surface area (Å²) in [4.78, 5) is 11.1. The molecule has 0 amide bonds. The van der Waals surface area contributed by atoms with Crippen molar-refractivity contribution in [1.29, 1.82) is 0 Å². The van der Waals surface area contributed by atoms with Crippen molar-refractivity contribution in [3.05, 3.63) is 35.9 Å². The monoisotopic (exact) mass is 303 g/mol. The van der Waals surface area contributed by atoms with Crippen LogP contribution in [0.5, 0.6) is 0 Å². The highest BCUT2D eigenvalue weighted by atomic mass is 35.5. The second-order valence-corrected chi connectivity index (χ2v) is 5.38. The van der Waals surface area contributed by atoms with Gasteiger partial charge in [-0.2, -0.15) is 11.8 Å². The summed E-state index contributed by atoms with van der Waals surface area (Å²) >= 11 is 1.67. The Labute approximate surface area is 125 Å². The first kappa shape index (κ1) is 18.3. The molecule has 0 saturated heterocycles. The minimum absolute atomic E-state index is 0. The molecule has 0 aromatic heterocycles. The van der Waals surface area contributed by atoms with Crippen LogP contribution in [0.1, 0.15) is 24.8 Å². The summed E-state index contributed by atoms with van der Waals surface area (Å²) in [5, 5.41) is 12.3. The van der Waals surface area contributed by atoms with Gasteiger partial charge in [-0.15, -0.1) is 12.4 Å². The Morgan fingerprint density at radius 2 is 2.00 bits per heavy atom. The Balaban J connectivity index is 0.00000324. The number of thioether (sulfide) groups is 1. The predicted molar refractivity (Wildman–Crippen MR) is 84.5 cm³/mol. The molecule has 19 heavy (non-hydrogen) atoms. The first-order valence-corrected chi connectivity index (χ1v) is 7.54. The third-order valence-corrected chi connectivity index (χ3v) is 3.59. The molecule has 2 unspecified atom stereocenters. The molecule has 1 aromatic rings. The van der Waals surface area contributed by atoms with Gasteiger partial charge in [0.15, 0.2) is 0 Å². The van der Waals surface area contributed by atoms with Crippen molar-refractivity contribution < 1.29 is 9.90 Å². The molecule has 3 nitrogen and oxygen atoms in total. The molecule has 0 aliphatic carbocycles. The van der Waals surface area contributed by atoms with Crippen molar-refractivity contribution in [2.24, 2.45) is 0 Å². The van der Waals surface area contributed by atoms with Gasteiger partial charge in [0.2, 0.25) is 0 Å². The van der Waals surface area contributed by atoms with E-state index in [2.05, 4.69) is 24.4 Å². The van der Waals surface area contributed by atoms with E-state index in [-0.39, 0.29) is 12.4 Å². The highest BCUT2D eigenvalue weighted by Gasteiger charge is 2.17. The Hall–Kier alpha value is -0.710. The van der Waals surface area contributed by atoms with Crippen LogP contribution in [0, 0.1) is 0 Å². The molecular formula is C14H22ClNO2S. The quantitative estimate of drug-likeness (QED) is 0.775. The molecule has 5 heteroatoms. The lowest BCUT2D eigenvalue weighted by Gasteiger charge is -2.18. The molecule has 0 aliphatic rings. The average Bonchev–Trinajstić information content (AvgIpc) is 2.39. The highest BCUT2D eigenvalue weighted by Crippen LogP contribution is 2.13. The van der Waals surface area contributed by atoms with Crippen molar-refractivity contribution in [2.45, 2.75) is 25.3 Å². The lowest BCUT2D eigenvalue weighted by Crippen LogP contribution is -2.39. The predicted octanol–water partition coefficient (Wildman–Crippen LogP) is 3.01. The molecule has 0 aliphatic heterocycles. The van der Waals surface area contributed by atoms with Gasteiger partial charge < -0.3 is 10.4 Å². The third-order valence-electron chi connectivity index (χ3n) is 2.95. The van der Waals surface area contributed by atoms with Gasteiger partial charge in [0.05, 0.1) is 0 Å². The van der Waals surface area contributed by atoms with E-state index in [4.69, 9.17) is 5.11 Å². The summed E-state index contributed by atoms with van der Waals surface area (Å²) in [6, 6.07) is 9.71. The van der Waals surface area contributed by atoms with Crippen molar-refractivity contribution >= 4 is 30.1 Å². The number of hydrogen-bond acceptors (Lipinski definition) is 3. The number of hydrogen-bond donors (Lipinski definition) is 2. The first-order valence-electron chi connectivity index (χ1n) is 6.15. The molecule has 0 bridgehead atoms. The maximum atomic E-state index is 11.1. The van der Waals surface area contributed by atoms with Crippen molar-refractivity contribution in [1.82, 2.24) is 5.32 Å². The van der Waals surface area contributed by atoms with Crippen LogP contribution >= 0.6 is 24.2 Å². The lowest BCUT2D eigenvalue weighted by molar-refractivity contribution is -0.139. The topological polar surface area (TPSA) is 49.3 Å². The van der Waals surface area contributed by atoms with Gasteiger partial charge in [-0.05, 0) is 29.9 Å². The van der Waals surface area contributed by atoms with Crippen LogP contribution in [0.15, 0.2) is 30.3 Å². The van der Waals surface area contributed by atoms with Crippen LogP contribution in [-0.2, 0) is 4.79 Å². The van der Waals surface area contributed by atoms with Crippen LogP contribution in [-0.4, -0.2) is 35.7 Å². The summed E-state index contributed by atoms with van der Waals surface area (Å²) in [7, 11) is 0. The van der Waals surface area contributed by atoms with E-state index in [0.717, 1.165) is 5.75 Å². The van der Waals surface area contributed by atoms with Crippen LogP contribution in [0.4, 0.5) is 0 Å². The standard InChI is InChI=1S/C14H21NO2S.ClH/c1-11(12-6-4-3-5-7-12)10-15-13(14(16)17)8-9-18-2;/h3-7,11,13,15H,8-10H2,1-2H3,(H,16,17);1H. The number of nitrogens with one attached hydrogen (secondary N) is 1. The van der Waals surface area contributed by atoms with Crippen molar-refractivity contribution in [3.63, 3.8) is 0 Å². The molecular weight excluding hydrogens is 282 g/mol. The molecule has 0 heterocycles. The fraction of sp³-hybridized carbons (Fsp3) is 0.500. The molecule has 0 saturated carbocycles. The van der Waals surface area contributed by atoms with Crippen LogP contribution in [0.2, 0.25) is 0 Å². The highest BCUT2D eigenvalue weighted by molar-refractivity contribution is 7.98. The minimum Gasteiger partial charge on any atom is -0.480 e. The zero-order valence-corrected chi connectivity index (χ0v) is 13.0. The van der Waals surface area contributed by atoms with Gasteiger partial charge >= 0.3 is 5.97 Å². The zero-order valence-electron chi connectivity index (χ0n) is 11.3. The minimum atomic E-state index is -0.760. The van der Waals surface area contributed by atoms with Gasteiger partial charge in [0, 0.05) is 6.54 Å². The van der Waals surface area contributed by atoms with Crippen LogP contribution < -0.4 is 5.32 Å². The number of halogens is 1. The smallest absolute Gasteiger partial charge is 0.320 e. The summed E-state index contributed by atoms with van der Waals surface area (Å²) in [5.74, 6) is 0.426. The largest absolute Gasteiger partial charge is 0.480 e. The second kappa shape index (κ2) is 10.1. The first-order chi connectivity index (χ1) is 8.65. The Bertz CT molecular complexity index is 362. The Kier molecular flexibility index (Phi) is 9.74. The van der Waals surface area contributed by atoms with E-state index < -0.39 is 12.0 Å². The second-order valence-electron chi connectivity index (χ2n) is 4.39. The fourth-order valence-electron chi connectivity index (χ4n) is 1.77. The van der Waals surface area contributed by atoms with E-state index in [1.807, 2.05) is 24.5 Å². The van der Waals surface area contributed by atoms with Crippen LogP contribution in [0.3, 0.4) is 0 Å². The van der Waals surface area contributed by atoms with E-state index in [1.165, 1.54) is 5.56 Å². The molecule has 2 N–H and O–H groups in total. The molecule has 0 radical (unpaired) electrons. The summed E-state index contributed by atoms with van der Waals surface area (Å²) < 4.78 is 0. The molecule has 0 spiro atoms. The number of carboxylic acid groups (broad SMARTS) is 1. The molecule has 0 fully saturated rings. The number of carbonyl (C=O) groups is 1. The fourth-order valence-corrected chi connectivity index (χ4v) is 2.24. The third kappa shape index (κ3) is 6.85. The number of rotatable bonds is 8. The van der Waals surface area contributed by atoms with Gasteiger partial charge in [-0.1, -0.05) is 37.3 Å². The van der Waals surface area contributed by atoms with Crippen molar-refractivity contribution in [2.75, 3.05) is 18.6 Å². The number of aliphatic carboxylic acids is 1. The summed E-state index contributed by atoms with van der Waals surface area (Å²) in [6.07, 6.45) is 2.66. The number of carboxylic acids is 1. The maximum absolute atomic E-state index is 11.1. The lowest BCUT2D eigenvalue weighted by atomic mass is 10.0. The Morgan fingerprint density at radius 3 is 2.53 bits per heavy atom. The molecule has 1 rings (SSSR count).